The Bertz CT molecular complexity index is 936. The van der Waals surface area contributed by atoms with E-state index < -0.39 is 28.0 Å². The minimum Gasteiger partial charge on any atom is -0.497 e. The van der Waals surface area contributed by atoms with Crippen LogP contribution in [0.25, 0.3) is 0 Å². The van der Waals surface area contributed by atoms with Gasteiger partial charge >= 0.3 is 0 Å². The maximum atomic E-state index is 13.3. The number of sulfonamides is 1. The van der Waals surface area contributed by atoms with Gasteiger partial charge in [0.05, 0.1) is 24.2 Å². The summed E-state index contributed by atoms with van der Waals surface area (Å²) >= 11 is 0. The van der Waals surface area contributed by atoms with Gasteiger partial charge in [0.2, 0.25) is 17.9 Å². The first-order chi connectivity index (χ1) is 14.6. The van der Waals surface area contributed by atoms with Gasteiger partial charge in [0, 0.05) is 13.1 Å². The summed E-state index contributed by atoms with van der Waals surface area (Å²) in [4.78, 5) is 11.6. The minimum absolute atomic E-state index is 0.0249. The highest BCUT2D eigenvalue weighted by Gasteiger charge is 2.30. The van der Waals surface area contributed by atoms with E-state index in [1.165, 1.54) is 23.5 Å². The second-order valence-corrected chi connectivity index (χ2v) is 9.70. The number of amides is 1. The topological polar surface area (TPSA) is 95.9 Å². The second kappa shape index (κ2) is 11.3. The summed E-state index contributed by atoms with van der Waals surface area (Å²) in [5.41, 5.74) is 0.883. The Morgan fingerprint density at radius 2 is 1.71 bits per heavy atom. The molecular weight excluding hydrogens is 415 g/mol. The number of hydrogen-bond donors (Lipinski definition) is 2. The molecule has 0 aliphatic heterocycles. The maximum absolute atomic E-state index is 13.3. The summed E-state index contributed by atoms with van der Waals surface area (Å²) in [6.07, 6.45) is -0.859. The third-order valence-corrected chi connectivity index (χ3v) is 6.59. The fourth-order valence-corrected chi connectivity index (χ4v) is 4.87. The van der Waals surface area contributed by atoms with Crippen LogP contribution >= 0.6 is 0 Å². The van der Waals surface area contributed by atoms with Crippen molar-refractivity contribution in [3.8, 4) is 5.75 Å². The number of nitrogens with one attached hydrogen (secondary N) is 1. The number of carbonyl (C=O) groups excluding carboxylic acids is 1. The van der Waals surface area contributed by atoms with Gasteiger partial charge in [0.15, 0.2) is 5.81 Å². The Morgan fingerprint density at radius 3 is 2.23 bits per heavy atom. The molecule has 31 heavy (non-hydrogen) atoms. The molecule has 2 N–H and O–H groups in total. The average molecular weight is 444 g/mol. The van der Waals surface area contributed by atoms with Crippen molar-refractivity contribution in [3.05, 3.63) is 60.2 Å². The smallest absolute Gasteiger partial charge is 0.243 e. The third kappa shape index (κ3) is 7.38. The number of benzene rings is 2. The average Bonchev–Trinajstić information content (AvgIpc) is 2.73. The van der Waals surface area contributed by atoms with Crippen LogP contribution in [0, 0.1) is 5.92 Å². The zero-order valence-electron chi connectivity index (χ0n) is 18.1. The summed E-state index contributed by atoms with van der Waals surface area (Å²) in [6, 6.07) is 14.6. The lowest BCUT2D eigenvalue weighted by Crippen LogP contribution is -2.50. The SMILES string of the molecule is [B]C(=O)N[C@@H](Cc1ccccc1)[C@H](O)CN(CC(C)C)S(=O)(=O)c1ccc(OC)cc1. The van der Waals surface area contributed by atoms with Gasteiger partial charge in [0.25, 0.3) is 0 Å². The van der Waals surface area contributed by atoms with E-state index in [1.54, 1.807) is 12.1 Å². The highest BCUT2D eigenvalue weighted by Crippen LogP contribution is 2.21. The normalized spacial score (nSPS) is 13.7. The third-order valence-electron chi connectivity index (χ3n) is 4.75. The Kier molecular flexibility index (Phi) is 9.09. The first-order valence-electron chi connectivity index (χ1n) is 10.1. The van der Waals surface area contributed by atoms with Gasteiger partial charge < -0.3 is 15.2 Å². The summed E-state index contributed by atoms with van der Waals surface area (Å²) < 4.78 is 32.9. The Hall–Kier alpha value is -2.36. The van der Waals surface area contributed by atoms with Gasteiger partial charge in [-0.1, -0.05) is 44.2 Å². The van der Waals surface area contributed by atoms with Crippen LogP contribution in [-0.4, -0.2) is 63.8 Å². The number of hydrogen-bond acceptors (Lipinski definition) is 5. The molecule has 0 saturated heterocycles. The zero-order chi connectivity index (χ0) is 23.0. The van der Waals surface area contributed by atoms with Crippen LogP contribution < -0.4 is 10.1 Å². The monoisotopic (exact) mass is 444 g/mol. The standard InChI is InChI=1S/C22H29BN2O5S/c1-16(2)14-25(31(28,29)19-11-9-18(30-3)10-12-19)15-21(26)20(24-22(23)27)13-17-7-5-4-6-8-17/h4-12,16,20-21,26H,13-15H2,1-3H3,(H,24,27)/t20-,21+/m0/s1. The predicted octanol–water partition coefficient (Wildman–Crippen LogP) is 2.19. The summed E-state index contributed by atoms with van der Waals surface area (Å²) in [6.45, 7) is 3.81. The minimum atomic E-state index is -3.88. The quantitative estimate of drug-likeness (QED) is 0.518. The Balaban J connectivity index is 2.27. The molecule has 9 heteroatoms. The van der Waals surface area contributed by atoms with Crippen molar-refractivity contribution < 1.29 is 23.1 Å². The zero-order valence-corrected chi connectivity index (χ0v) is 18.9. The molecule has 0 bridgehead atoms. The number of aliphatic hydroxyl groups is 1. The van der Waals surface area contributed by atoms with E-state index >= 15 is 0 Å². The highest BCUT2D eigenvalue weighted by atomic mass is 32.2. The lowest BCUT2D eigenvalue weighted by molar-refractivity contribution is 0.106. The number of methoxy groups -OCH3 is 1. The number of carbonyl (C=O) groups is 1. The largest absolute Gasteiger partial charge is 0.497 e. The predicted molar refractivity (Wildman–Crippen MR) is 121 cm³/mol. The van der Waals surface area contributed by atoms with Crippen molar-refractivity contribution in [3.63, 3.8) is 0 Å². The highest BCUT2D eigenvalue weighted by molar-refractivity contribution is 7.89. The lowest BCUT2D eigenvalue weighted by atomic mass is 9.99. The van der Waals surface area contributed by atoms with Crippen molar-refractivity contribution in [2.24, 2.45) is 5.92 Å². The van der Waals surface area contributed by atoms with E-state index in [9.17, 15) is 18.3 Å². The molecular formula is C22H29BN2O5S. The van der Waals surface area contributed by atoms with Crippen LogP contribution in [0.4, 0.5) is 4.79 Å². The van der Waals surface area contributed by atoms with Gasteiger partial charge in [-0.15, -0.1) is 0 Å². The summed E-state index contributed by atoms with van der Waals surface area (Å²) in [5.74, 6) is -0.215. The van der Waals surface area contributed by atoms with E-state index in [0.29, 0.717) is 12.2 Å². The van der Waals surface area contributed by atoms with E-state index in [0.717, 1.165) is 5.56 Å². The van der Waals surface area contributed by atoms with Crippen molar-refractivity contribution in [2.45, 2.75) is 37.3 Å². The van der Waals surface area contributed by atoms with Crippen LogP contribution in [0.15, 0.2) is 59.5 Å². The number of nitrogens with zero attached hydrogens (tertiary/aromatic N) is 1. The van der Waals surface area contributed by atoms with E-state index in [1.807, 2.05) is 44.2 Å². The van der Waals surface area contributed by atoms with Crippen LogP contribution in [0.5, 0.6) is 5.75 Å². The van der Waals surface area contributed by atoms with Gasteiger partial charge in [-0.2, -0.15) is 4.31 Å². The van der Waals surface area contributed by atoms with Crippen molar-refractivity contribution in [1.29, 1.82) is 0 Å². The van der Waals surface area contributed by atoms with Crippen LogP contribution in [0.1, 0.15) is 19.4 Å². The van der Waals surface area contributed by atoms with Crippen molar-refractivity contribution >= 4 is 23.7 Å². The molecule has 0 fully saturated rings. The summed E-state index contributed by atoms with van der Waals surface area (Å²) in [7, 11) is 2.92. The van der Waals surface area contributed by atoms with Crippen LogP contribution in [0.2, 0.25) is 0 Å². The number of rotatable bonds is 11. The number of ether oxygens (including phenoxy) is 1. The van der Waals surface area contributed by atoms with Crippen molar-refractivity contribution in [1.82, 2.24) is 9.62 Å². The van der Waals surface area contributed by atoms with Gasteiger partial charge in [-0.05, 0) is 42.2 Å². The molecule has 2 radical (unpaired) electrons. The second-order valence-electron chi connectivity index (χ2n) is 7.76. The first kappa shape index (κ1) is 24.9. The molecule has 1 amide bonds. The first-order valence-corrected chi connectivity index (χ1v) is 11.5. The molecule has 2 aromatic carbocycles. The van der Waals surface area contributed by atoms with Gasteiger partial charge in [-0.25, -0.2) is 8.42 Å². The molecule has 0 heterocycles. The number of aliphatic hydroxyl groups excluding tert-OH is 1. The molecule has 2 aromatic rings. The maximum Gasteiger partial charge on any atom is 0.243 e. The van der Waals surface area contributed by atoms with E-state index in [2.05, 4.69) is 5.32 Å². The Morgan fingerprint density at radius 1 is 1.10 bits per heavy atom. The van der Waals surface area contributed by atoms with Gasteiger partial charge in [0.1, 0.15) is 5.75 Å². The molecule has 2 atom stereocenters. The van der Waals surface area contributed by atoms with E-state index in [4.69, 9.17) is 12.6 Å². The van der Waals surface area contributed by atoms with Crippen LogP contribution in [-0.2, 0) is 16.4 Å². The van der Waals surface area contributed by atoms with Crippen LogP contribution in [0.3, 0.4) is 0 Å². The molecule has 0 aliphatic rings. The molecule has 0 unspecified atom stereocenters. The van der Waals surface area contributed by atoms with E-state index in [-0.39, 0.29) is 23.9 Å². The molecule has 166 valence electrons. The fourth-order valence-electron chi connectivity index (χ4n) is 3.24. The molecule has 0 aliphatic carbocycles. The Labute approximate surface area is 185 Å². The molecule has 0 spiro atoms. The molecule has 2 rings (SSSR count). The fraction of sp³-hybridized carbons (Fsp3) is 0.409. The molecule has 0 saturated carbocycles. The molecule has 0 aromatic heterocycles. The molecule has 7 nitrogen and oxygen atoms in total. The lowest BCUT2D eigenvalue weighted by Gasteiger charge is -2.30. The van der Waals surface area contributed by atoms with Gasteiger partial charge in [-0.3, -0.25) is 4.79 Å². The summed E-state index contributed by atoms with van der Waals surface area (Å²) in [5, 5.41) is 13.4. The van der Waals surface area contributed by atoms with Crippen molar-refractivity contribution in [2.75, 3.05) is 20.2 Å².